The van der Waals surface area contributed by atoms with E-state index in [1.807, 2.05) is 0 Å². The SMILES string of the molecule is C=CCSCCNc1c(F)cc(C(=O)O)cc1F. The number of anilines is 1. The largest absolute Gasteiger partial charge is 0.478 e. The molecule has 6 heteroatoms. The van der Waals surface area contributed by atoms with Gasteiger partial charge in [-0.1, -0.05) is 6.08 Å². The number of aromatic carboxylic acids is 1. The van der Waals surface area contributed by atoms with E-state index >= 15 is 0 Å². The third kappa shape index (κ3) is 4.03. The minimum atomic E-state index is -1.36. The molecule has 3 nitrogen and oxygen atoms in total. The molecule has 0 radical (unpaired) electrons. The fraction of sp³-hybridized carbons (Fsp3) is 0.250. The molecule has 0 atom stereocenters. The Kier molecular flexibility index (Phi) is 5.64. The Balaban J connectivity index is 2.66. The minimum Gasteiger partial charge on any atom is -0.478 e. The van der Waals surface area contributed by atoms with Crippen molar-refractivity contribution in [1.29, 1.82) is 0 Å². The van der Waals surface area contributed by atoms with Crippen LogP contribution in [0.2, 0.25) is 0 Å². The fourth-order valence-electron chi connectivity index (χ4n) is 1.28. The van der Waals surface area contributed by atoms with E-state index in [0.717, 1.165) is 17.9 Å². The molecule has 0 saturated heterocycles. The Morgan fingerprint density at radius 2 is 2.06 bits per heavy atom. The van der Waals surface area contributed by atoms with E-state index in [1.165, 1.54) is 0 Å². The van der Waals surface area contributed by atoms with Crippen LogP contribution >= 0.6 is 11.8 Å². The normalized spacial score (nSPS) is 10.1. The van der Waals surface area contributed by atoms with Crippen LogP contribution in [0, 0.1) is 11.6 Å². The summed E-state index contributed by atoms with van der Waals surface area (Å²) < 4.78 is 26.9. The zero-order valence-corrected chi connectivity index (χ0v) is 10.4. The van der Waals surface area contributed by atoms with Crippen LogP contribution in [0.1, 0.15) is 10.4 Å². The Labute approximate surface area is 108 Å². The molecular formula is C12H13F2NO2S. The summed E-state index contributed by atoms with van der Waals surface area (Å²) in [5, 5.41) is 11.2. The van der Waals surface area contributed by atoms with Crippen LogP contribution in [0.3, 0.4) is 0 Å². The van der Waals surface area contributed by atoms with Gasteiger partial charge in [0.1, 0.15) is 17.3 Å². The average molecular weight is 273 g/mol. The van der Waals surface area contributed by atoms with Crippen LogP contribution in [0.5, 0.6) is 0 Å². The van der Waals surface area contributed by atoms with Crippen LogP contribution in [-0.2, 0) is 0 Å². The molecule has 0 fully saturated rings. The number of rotatable bonds is 7. The van der Waals surface area contributed by atoms with Gasteiger partial charge in [0.2, 0.25) is 0 Å². The van der Waals surface area contributed by atoms with Crippen molar-refractivity contribution < 1.29 is 18.7 Å². The highest BCUT2D eigenvalue weighted by Gasteiger charge is 2.13. The topological polar surface area (TPSA) is 49.3 Å². The molecule has 2 N–H and O–H groups in total. The number of hydrogen-bond acceptors (Lipinski definition) is 3. The van der Waals surface area contributed by atoms with Crippen molar-refractivity contribution in [3.8, 4) is 0 Å². The zero-order valence-electron chi connectivity index (χ0n) is 9.58. The van der Waals surface area contributed by atoms with E-state index < -0.39 is 23.2 Å². The molecule has 0 aliphatic heterocycles. The number of thioether (sulfide) groups is 1. The summed E-state index contributed by atoms with van der Waals surface area (Å²) in [5.41, 5.74) is -0.698. The van der Waals surface area contributed by atoms with Gasteiger partial charge >= 0.3 is 5.97 Å². The standard InChI is InChI=1S/C12H13F2NO2S/c1-2-4-18-5-3-15-11-9(13)6-8(12(16)17)7-10(11)14/h2,6-7,15H,1,3-5H2,(H,16,17). The first-order valence-electron chi connectivity index (χ1n) is 5.21. The molecule has 98 valence electrons. The third-order valence-corrected chi connectivity index (χ3v) is 3.04. The van der Waals surface area contributed by atoms with Gasteiger partial charge in [0, 0.05) is 18.1 Å². The monoisotopic (exact) mass is 273 g/mol. The lowest BCUT2D eigenvalue weighted by Crippen LogP contribution is -2.09. The van der Waals surface area contributed by atoms with Crippen LogP contribution in [0.4, 0.5) is 14.5 Å². The van der Waals surface area contributed by atoms with Crippen LogP contribution in [-0.4, -0.2) is 29.1 Å². The molecule has 1 aromatic carbocycles. The van der Waals surface area contributed by atoms with Gasteiger partial charge in [-0.3, -0.25) is 0 Å². The van der Waals surface area contributed by atoms with E-state index in [1.54, 1.807) is 17.8 Å². The maximum atomic E-state index is 13.5. The molecule has 0 spiro atoms. The maximum absolute atomic E-state index is 13.5. The van der Waals surface area contributed by atoms with Gasteiger partial charge in [-0.25, -0.2) is 13.6 Å². The second-order valence-corrected chi connectivity index (χ2v) is 4.56. The quantitative estimate of drug-likeness (QED) is 0.592. The van der Waals surface area contributed by atoms with Crippen LogP contribution in [0.25, 0.3) is 0 Å². The number of nitrogens with one attached hydrogen (secondary N) is 1. The van der Waals surface area contributed by atoms with Gasteiger partial charge in [0.15, 0.2) is 0 Å². The van der Waals surface area contributed by atoms with Crippen LogP contribution < -0.4 is 5.32 Å². The number of carboxylic acid groups (broad SMARTS) is 1. The summed E-state index contributed by atoms with van der Waals surface area (Å²) in [5.74, 6) is -1.72. The number of benzene rings is 1. The highest BCUT2D eigenvalue weighted by atomic mass is 32.2. The van der Waals surface area contributed by atoms with Gasteiger partial charge in [0.05, 0.1) is 5.56 Å². The van der Waals surface area contributed by atoms with Gasteiger partial charge in [0.25, 0.3) is 0 Å². The second-order valence-electron chi connectivity index (χ2n) is 3.41. The van der Waals surface area contributed by atoms with Gasteiger partial charge in [-0.05, 0) is 12.1 Å². The van der Waals surface area contributed by atoms with Crippen molar-refractivity contribution in [3.63, 3.8) is 0 Å². The summed E-state index contributed by atoms with van der Waals surface area (Å²) >= 11 is 1.57. The molecule has 0 amide bonds. The summed E-state index contributed by atoms with van der Waals surface area (Å²) in [6, 6.07) is 1.59. The van der Waals surface area contributed by atoms with E-state index in [-0.39, 0.29) is 5.69 Å². The minimum absolute atomic E-state index is 0.292. The molecule has 0 unspecified atom stereocenters. The fourth-order valence-corrected chi connectivity index (χ4v) is 1.86. The van der Waals surface area contributed by atoms with Crippen molar-refractivity contribution in [2.24, 2.45) is 0 Å². The molecule has 0 aromatic heterocycles. The molecule has 1 rings (SSSR count). The molecule has 1 aromatic rings. The van der Waals surface area contributed by atoms with Crippen molar-refractivity contribution in [2.45, 2.75) is 0 Å². The summed E-state index contributed by atoms with van der Waals surface area (Å²) in [6.45, 7) is 3.94. The Hall–Kier alpha value is -1.56. The smallest absolute Gasteiger partial charge is 0.335 e. The Morgan fingerprint density at radius 1 is 1.44 bits per heavy atom. The van der Waals surface area contributed by atoms with E-state index in [9.17, 15) is 13.6 Å². The summed E-state index contributed by atoms with van der Waals surface area (Å²) in [7, 11) is 0. The lowest BCUT2D eigenvalue weighted by atomic mass is 10.2. The number of hydrogen-bond donors (Lipinski definition) is 2. The first kappa shape index (κ1) is 14.5. The highest BCUT2D eigenvalue weighted by Crippen LogP contribution is 2.20. The molecule has 0 aliphatic carbocycles. The predicted octanol–water partition coefficient (Wildman–Crippen LogP) is 2.99. The van der Waals surface area contributed by atoms with E-state index in [2.05, 4.69) is 11.9 Å². The highest BCUT2D eigenvalue weighted by molar-refractivity contribution is 7.99. The van der Waals surface area contributed by atoms with Crippen molar-refractivity contribution >= 4 is 23.4 Å². The van der Waals surface area contributed by atoms with Gasteiger partial charge < -0.3 is 10.4 Å². The molecular weight excluding hydrogens is 260 g/mol. The number of carbonyl (C=O) groups is 1. The van der Waals surface area contributed by atoms with E-state index in [0.29, 0.717) is 12.3 Å². The van der Waals surface area contributed by atoms with Gasteiger partial charge in [-0.2, -0.15) is 11.8 Å². The van der Waals surface area contributed by atoms with Gasteiger partial charge in [-0.15, -0.1) is 6.58 Å². The first-order chi connectivity index (χ1) is 8.56. The van der Waals surface area contributed by atoms with Crippen molar-refractivity contribution in [2.75, 3.05) is 23.4 Å². The maximum Gasteiger partial charge on any atom is 0.335 e. The van der Waals surface area contributed by atoms with Crippen molar-refractivity contribution in [1.82, 2.24) is 0 Å². The summed E-state index contributed by atoms with van der Waals surface area (Å²) in [6.07, 6.45) is 1.74. The molecule has 18 heavy (non-hydrogen) atoms. The van der Waals surface area contributed by atoms with Crippen LogP contribution in [0.15, 0.2) is 24.8 Å². The Morgan fingerprint density at radius 3 is 2.56 bits per heavy atom. The summed E-state index contributed by atoms with van der Waals surface area (Å²) in [4.78, 5) is 10.6. The van der Waals surface area contributed by atoms with E-state index in [4.69, 9.17) is 5.11 Å². The van der Waals surface area contributed by atoms with Crippen molar-refractivity contribution in [3.05, 3.63) is 42.0 Å². The second kappa shape index (κ2) is 7.00. The molecule has 0 aliphatic rings. The third-order valence-electron chi connectivity index (χ3n) is 2.07. The molecule has 0 bridgehead atoms. The number of halogens is 2. The average Bonchev–Trinajstić information content (AvgIpc) is 2.31. The lowest BCUT2D eigenvalue weighted by Gasteiger charge is -2.09. The molecule has 0 heterocycles. The zero-order chi connectivity index (χ0) is 13.5. The predicted molar refractivity (Wildman–Crippen MR) is 69.3 cm³/mol. The lowest BCUT2D eigenvalue weighted by molar-refractivity contribution is 0.0696. The molecule has 0 saturated carbocycles. The Bertz CT molecular complexity index is 429. The first-order valence-corrected chi connectivity index (χ1v) is 6.36. The number of carboxylic acids is 1.